The molecule has 0 N–H and O–H groups in total. The predicted molar refractivity (Wildman–Crippen MR) is 188 cm³/mol. The van der Waals surface area contributed by atoms with Gasteiger partial charge in [0.05, 0.1) is 29.6 Å². The number of hydrogen-bond acceptors (Lipinski definition) is 9. The molecule has 256 valence electrons. The average Bonchev–Trinajstić information content (AvgIpc) is 3.49. The normalized spacial score (nSPS) is 21.2. The maximum atomic E-state index is 13.0. The standard InChI is InChI=1S/C35H49N9O3Si/c1-35(2,3)47-34(45)43-24-10-11-25(43)19-26(18-24)41(4)32-15-14-30(38-39-32)28-13-12-27(31-21-37-44(40-31)23-8-9-23)29-20-36-42(33(28)29)22-46-16-17-48(5,6)7/h12-15,20-21,23-26H,8-11,16-19,22H2,1-7H3/t24-,25+,26?. The van der Waals surface area contributed by atoms with Crippen LogP contribution in [0.25, 0.3) is 33.4 Å². The van der Waals surface area contributed by atoms with Gasteiger partial charge in [-0.2, -0.15) is 20.1 Å². The first kappa shape index (κ1) is 32.7. The summed E-state index contributed by atoms with van der Waals surface area (Å²) in [5.74, 6) is 0.821. The number of carbonyl (C=O) groups excluding carboxylic acids is 1. The highest BCUT2D eigenvalue weighted by Gasteiger charge is 2.46. The lowest BCUT2D eigenvalue weighted by Crippen LogP contribution is -2.53. The van der Waals surface area contributed by atoms with Crippen LogP contribution < -0.4 is 4.90 Å². The number of fused-ring (bicyclic) bond motifs is 3. The van der Waals surface area contributed by atoms with Crippen LogP contribution in [0.5, 0.6) is 0 Å². The molecule has 1 amide bonds. The van der Waals surface area contributed by atoms with Crippen LogP contribution in [0, 0.1) is 0 Å². The molecule has 3 aliphatic rings. The van der Waals surface area contributed by atoms with Gasteiger partial charge in [0, 0.05) is 56.4 Å². The van der Waals surface area contributed by atoms with E-state index in [0.717, 1.165) is 83.8 Å². The Morgan fingerprint density at radius 2 is 1.62 bits per heavy atom. The highest BCUT2D eigenvalue weighted by atomic mass is 28.3. The van der Waals surface area contributed by atoms with Crippen LogP contribution in [0.1, 0.15) is 65.3 Å². The lowest BCUT2D eigenvalue weighted by molar-refractivity contribution is 0.00596. The number of nitrogens with zero attached hydrogens (tertiary/aromatic N) is 9. The van der Waals surface area contributed by atoms with E-state index < -0.39 is 13.7 Å². The lowest BCUT2D eigenvalue weighted by atomic mass is 9.96. The van der Waals surface area contributed by atoms with Crippen molar-refractivity contribution in [2.75, 3.05) is 18.6 Å². The third kappa shape index (κ3) is 6.84. The van der Waals surface area contributed by atoms with Crippen molar-refractivity contribution in [1.29, 1.82) is 0 Å². The van der Waals surface area contributed by atoms with Crippen LogP contribution in [-0.4, -0.2) is 91.4 Å². The molecule has 3 fully saturated rings. The third-order valence-electron chi connectivity index (χ3n) is 9.82. The quantitative estimate of drug-likeness (QED) is 0.133. The van der Waals surface area contributed by atoms with E-state index in [0.29, 0.717) is 19.4 Å². The minimum Gasteiger partial charge on any atom is -0.444 e. The molecular formula is C35H49N9O3Si. The number of amides is 1. The van der Waals surface area contributed by atoms with Gasteiger partial charge in [0.15, 0.2) is 5.82 Å². The van der Waals surface area contributed by atoms with Gasteiger partial charge in [-0.25, -0.2) is 9.48 Å². The molecule has 13 heteroatoms. The Hall–Kier alpha value is -3.84. The smallest absolute Gasteiger partial charge is 0.410 e. The van der Waals surface area contributed by atoms with Gasteiger partial charge in [0.25, 0.3) is 0 Å². The topological polar surface area (TPSA) is 116 Å². The largest absolute Gasteiger partial charge is 0.444 e. The SMILES string of the molecule is CN(c1ccc(-c2ccc(-c3cnn(C4CC4)n3)c3cnn(COCC[Si](C)(C)C)c23)nn1)C1C[C@H]2CC[C@@H](C1)N2C(=O)OC(C)(C)C. The molecule has 2 bridgehead atoms. The van der Waals surface area contributed by atoms with Gasteiger partial charge in [-0.15, -0.1) is 10.2 Å². The molecule has 0 radical (unpaired) electrons. The Bertz CT molecular complexity index is 1760. The number of carbonyl (C=O) groups is 1. The van der Waals surface area contributed by atoms with Crippen LogP contribution in [0.3, 0.4) is 0 Å². The summed E-state index contributed by atoms with van der Waals surface area (Å²) in [7, 11) is 0.871. The molecule has 1 saturated carbocycles. The van der Waals surface area contributed by atoms with Gasteiger partial charge in [0.1, 0.15) is 18.0 Å². The highest BCUT2D eigenvalue weighted by molar-refractivity contribution is 6.76. The fourth-order valence-electron chi connectivity index (χ4n) is 7.06. The zero-order valence-corrected chi connectivity index (χ0v) is 30.4. The van der Waals surface area contributed by atoms with Gasteiger partial charge in [-0.05, 0) is 83.5 Å². The third-order valence-corrected chi connectivity index (χ3v) is 11.5. The summed E-state index contributed by atoms with van der Waals surface area (Å²) in [5.41, 5.74) is 4.00. The molecule has 48 heavy (non-hydrogen) atoms. The first-order valence-electron chi connectivity index (χ1n) is 17.4. The Morgan fingerprint density at radius 3 is 2.27 bits per heavy atom. The molecule has 5 heterocycles. The van der Waals surface area contributed by atoms with E-state index in [4.69, 9.17) is 29.9 Å². The van der Waals surface area contributed by atoms with Gasteiger partial charge in [-0.1, -0.05) is 25.7 Å². The molecule has 2 aliphatic heterocycles. The first-order valence-corrected chi connectivity index (χ1v) is 21.1. The zero-order valence-electron chi connectivity index (χ0n) is 29.4. The minimum atomic E-state index is -1.22. The van der Waals surface area contributed by atoms with Gasteiger partial charge >= 0.3 is 6.09 Å². The van der Waals surface area contributed by atoms with Crippen molar-refractivity contribution in [3.05, 3.63) is 36.7 Å². The zero-order chi connectivity index (χ0) is 33.8. The van der Waals surface area contributed by atoms with Crippen LogP contribution >= 0.6 is 0 Å². The van der Waals surface area contributed by atoms with E-state index in [2.05, 4.69) is 54.9 Å². The first-order chi connectivity index (χ1) is 22.8. The number of ether oxygens (including phenoxy) is 2. The number of aromatic nitrogens is 7. The molecule has 2 saturated heterocycles. The Balaban J connectivity index is 1.12. The Kier molecular flexibility index (Phi) is 8.55. The number of rotatable bonds is 10. The number of anilines is 1. The van der Waals surface area contributed by atoms with Crippen molar-refractivity contribution in [3.8, 4) is 22.5 Å². The minimum absolute atomic E-state index is 0.184. The Labute approximate surface area is 283 Å². The maximum absolute atomic E-state index is 13.0. The second kappa shape index (κ2) is 12.6. The lowest BCUT2D eigenvalue weighted by Gasteiger charge is -2.42. The Morgan fingerprint density at radius 1 is 0.917 bits per heavy atom. The number of hydrogen-bond donors (Lipinski definition) is 0. The molecule has 4 aromatic rings. The number of piperidine rings is 1. The molecule has 3 atom stereocenters. The van der Waals surface area contributed by atoms with Crippen molar-refractivity contribution in [3.63, 3.8) is 0 Å². The van der Waals surface area contributed by atoms with E-state index in [9.17, 15) is 4.79 Å². The maximum Gasteiger partial charge on any atom is 0.410 e. The summed E-state index contributed by atoms with van der Waals surface area (Å²) < 4.78 is 13.8. The molecular weight excluding hydrogens is 623 g/mol. The van der Waals surface area contributed by atoms with Crippen molar-refractivity contribution >= 4 is 30.9 Å². The summed E-state index contributed by atoms with van der Waals surface area (Å²) in [6.07, 6.45) is 9.62. The highest BCUT2D eigenvalue weighted by Crippen LogP contribution is 2.40. The summed E-state index contributed by atoms with van der Waals surface area (Å²) in [4.78, 5) is 19.0. The second-order valence-corrected chi connectivity index (χ2v) is 21.6. The van der Waals surface area contributed by atoms with E-state index in [1.807, 2.05) is 53.6 Å². The predicted octanol–water partition coefficient (Wildman–Crippen LogP) is 6.77. The van der Waals surface area contributed by atoms with Gasteiger partial charge < -0.3 is 19.3 Å². The van der Waals surface area contributed by atoms with Crippen molar-refractivity contribution in [2.24, 2.45) is 0 Å². The van der Waals surface area contributed by atoms with Crippen LogP contribution in [0.4, 0.5) is 10.6 Å². The van der Waals surface area contributed by atoms with Crippen LogP contribution in [0.15, 0.2) is 36.7 Å². The summed E-state index contributed by atoms with van der Waals surface area (Å²) in [6.45, 7) is 13.9. The van der Waals surface area contributed by atoms with E-state index in [1.165, 1.54) is 0 Å². The molecule has 0 spiro atoms. The van der Waals surface area contributed by atoms with E-state index >= 15 is 0 Å². The molecule has 1 aliphatic carbocycles. The van der Waals surface area contributed by atoms with Crippen molar-refractivity contribution in [2.45, 2.75) is 121 Å². The second-order valence-electron chi connectivity index (χ2n) is 16.0. The molecule has 1 unspecified atom stereocenters. The summed E-state index contributed by atoms with van der Waals surface area (Å²) in [6, 6.07) is 10.4. The van der Waals surface area contributed by atoms with Crippen molar-refractivity contribution < 1.29 is 14.3 Å². The molecule has 12 nitrogen and oxygen atoms in total. The van der Waals surface area contributed by atoms with E-state index in [-0.39, 0.29) is 24.2 Å². The van der Waals surface area contributed by atoms with Crippen molar-refractivity contribution in [1.82, 2.24) is 39.9 Å². The monoisotopic (exact) mass is 671 g/mol. The number of benzene rings is 1. The fourth-order valence-corrected chi connectivity index (χ4v) is 7.82. The van der Waals surface area contributed by atoms with Crippen LogP contribution in [0.2, 0.25) is 25.7 Å². The van der Waals surface area contributed by atoms with Gasteiger partial charge in [-0.3, -0.25) is 0 Å². The molecule has 1 aromatic carbocycles. The fraction of sp³-hybridized carbons (Fsp3) is 0.600. The molecule has 7 rings (SSSR count). The molecule has 3 aromatic heterocycles. The van der Waals surface area contributed by atoms with E-state index in [1.54, 1.807) is 0 Å². The van der Waals surface area contributed by atoms with Gasteiger partial charge in [0.2, 0.25) is 0 Å². The summed E-state index contributed by atoms with van der Waals surface area (Å²) in [5, 5.41) is 24.6. The summed E-state index contributed by atoms with van der Waals surface area (Å²) >= 11 is 0. The average molecular weight is 672 g/mol. The van der Waals surface area contributed by atoms with Crippen LogP contribution in [-0.2, 0) is 16.2 Å².